The molecule has 3 rings (SSSR count). The average molecular weight is 344 g/mol. The van der Waals surface area contributed by atoms with Crippen molar-refractivity contribution in [3.63, 3.8) is 0 Å². The molecule has 3 aromatic rings. The second kappa shape index (κ2) is 6.77. The van der Waals surface area contributed by atoms with Gasteiger partial charge in [0.05, 0.1) is 0 Å². The highest BCUT2D eigenvalue weighted by molar-refractivity contribution is 7.98. The third-order valence-corrected chi connectivity index (χ3v) is 5.08. The van der Waals surface area contributed by atoms with E-state index in [9.17, 15) is 0 Å². The number of hydrogen-bond donors (Lipinski definition) is 0. The van der Waals surface area contributed by atoms with E-state index in [2.05, 4.69) is 46.8 Å². The van der Waals surface area contributed by atoms with Gasteiger partial charge in [-0.15, -0.1) is 10.2 Å². The quantitative estimate of drug-likeness (QED) is 0.614. The zero-order chi connectivity index (χ0) is 16.4. The molecule has 23 heavy (non-hydrogen) atoms. The first-order valence-corrected chi connectivity index (χ1v) is 8.78. The lowest BCUT2D eigenvalue weighted by atomic mass is 10.1. The number of benzene rings is 2. The van der Waals surface area contributed by atoms with Crippen molar-refractivity contribution >= 4 is 23.4 Å². The van der Waals surface area contributed by atoms with Gasteiger partial charge in [-0.3, -0.25) is 4.57 Å². The van der Waals surface area contributed by atoms with E-state index in [1.165, 1.54) is 16.7 Å². The zero-order valence-electron chi connectivity index (χ0n) is 13.4. The van der Waals surface area contributed by atoms with E-state index < -0.39 is 0 Å². The Hall–Kier alpha value is -1.78. The van der Waals surface area contributed by atoms with Crippen molar-refractivity contribution in [3.8, 4) is 5.69 Å². The van der Waals surface area contributed by atoms with Gasteiger partial charge in [0.25, 0.3) is 0 Å². The fraction of sp³-hybridized carbons (Fsp3) is 0.222. The summed E-state index contributed by atoms with van der Waals surface area (Å²) in [6.07, 6.45) is 0. The molecular formula is C18H18ClN3S. The summed E-state index contributed by atoms with van der Waals surface area (Å²) in [5.41, 5.74) is 4.87. The minimum Gasteiger partial charge on any atom is -0.274 e. The Balaban J connectivity index is 1.86. The SMILES string of the molecule is Cc1ccc(-n2c(C)nnc2SCc2ccc(Cl)cc2)cc1C. The molecule has 0 fully saturated rings. The molecule has 1 aromatic heterocycles. The van der Waals surface area contributed by atoms with E-state index in [4.69, 9.17) is 11.6 Å². The van der Waals surface area contributed by atoms with Gasteiger partial charge in [0.1, 0.15) is 5.82 Å². The maximum Gasteiger partial charge on any atom is 0.196 e. The first-order valence-electron chi connectivity index (χ1n) is 7.41. The first-order chi connectivity index (χ1) is 11.0. The molecule has 118 valence electrons. The molecule has 3 nitrogen and oxygen atoms in total. The summed E-state index contributed by atoms with van der Waals surface area (Å²) in [6.45, 7) is 6.22. The van der Waals surface area contributed by atoms with Crippen LogP contribution in [0.4, 0.5) is 0 Å². The number of rotatable bonds is 4. The van der Waals surface area contributed by atoms with Crippen LogP contribution >= 0.6 is 23.4 Å². The van der Waals surface area contributed by atoms with E-state index in [-0.39, 0.29) is 0 Å². The fourth-order valence-electron chi connectivity index (χ4n) is 2.33. The van der Waals surface area contributed by atoms with Gasteiger partial charge in [-0.1, -0.05) is 41.6 Å². The molecule has 2 aromatic carbocycles. The van der Waals surface area contributed by atoms with Crippen LogP contribution in [-0.2, 0) is 5.75 Å². The monoisotopic (exact) mass is 343 g/mol. The summed E-state index contributed by atoms with van der Waals surface area (Å²) in [4.78, 5) is 0. The molecule has 1 heterocycles. The molecule has 0 saturated carbocycles. The largest absolute Gasteiger partial charge is 0.274 e. The van der Waals surface area contributed by atoms with E-state index >= 15 is 0 Å². The van der Waals surface area contributed by atoms with Gasteiger partial charge in [-0.25, -0.2) is 0 Å². The molecule has 0 aliphatic rings. The van der Waals surface area contributed by atoms with Gasteiger partial charge in [0.15, 0.2) is 5.16 Å². The lowest BCUT2D eigenvalue weighted by Crippen LogP contribution is -2.00. The molecule has 0 aliphatic carbocycles. The number of thioether (sulfide) groups is 1. The summed E-state index contributed by atoms with van der Waals surface area (Å²) >= 11 is 7.61. The predicted molar refractivity (Wildman–Crippen MR) is 96.6 cm³/mol. The lowest BCUT2D eigenvalue weighted by Gasteiger charge is -2.10. The molecule has 0 spiro atoms. The van der Waals surface area contributed by atoms with Crippen molar-refractivity contribution in [2.45, 2.75) is 31.7 Å². The molecule has 0 amide bonds. The summed E-state index contributed by atoms with van der Waals surface area (Å²) < 4.78 is 2.10. The second-order valence-electron chi connectivity index (χ2n) is 5.55. The summed E-state index contributed by atoms with van der Waals surface area (Å²) in [5, 5.41) is 10.2. The van der Waals surface area contributed by atoms with Gasteiger partial charge in [0.2, 0.25) is 0 Å². The Kier molecular flexibility index (Phi) is 4.74. The second-order valence-corrected chi connectivity index (χ2v) is 6.93. The molecule has 0 unspecified atom stereocenters. The van der Waals surface area contributed by atoms with Crippen LogP contribution in [0.3, 0.4) is 0 Å². The number of halogens is 1. The van der Waals surface area contributed by atoms with Crippen molar-refractivity contribution in [2.75, 3.05) is 0 Å². The van der Waals surface area contributed by atoms with Crippen LogP contribution in [0.25, 0.3) is 5.69 Å². The lowest BCUT2D eigenvalue weighted by molar-refractivity contribution is 0.866. The van der Waals surface area contributed by atoms with Crippen molar-refractivity contribution < 1.29 is 0 Å². The number of nitrogens with zero attached hydrogens (tertiary/aromatic N) is 3. The topological polar surface area (TPSA) is 30.7 Å². The third kappa shape index (κ3) is 3.59. The van der Waals surface area contributed by atoms with Crippen LogP contribution in [0, 0.1) is 20.8 Å². The smallest absolute Gasteiger partial charge is 0.196 e. The molecule has 0 radical (unpaired) electrons. The van der Waals surface area contributed by atoms with Crippen LogP contribution in [-0.4, -0.2) is 14.8 Å². The van der Waals surface area contributed by atoms with E-state index in [1.807, 2.05) is 31.2 Å². The first kappa shape index (κ1) is 16.1. The number of hydrogen-bond acceptors (Lipinski definition) is 3. The van der Waals surface area contributed by atoms with Gasteiger partial charge >= 0.3 is 0 Å². The molecule has 0 saturated heterocycles. The highest BCUT2D eigenvalue weighted by Gasteiger charge is 2.12. The van der Waals surface area contributed by atoms with Gasteiger partial charge in [-0.2, -0.15) is 0 Å². The van der Waals surface area contributed by atoms with Gasteiger partial charge in [0, 0.05) is 16.5 Å². The van der Waals surface area contributed by atoms with E-state index in [0.29, 0.717) is 0 Å². The van der Waals surface area contributed by atoms with Crippen LogP contribution in [0.2, 0.25) is 5.02 Å². The Morgan fingerprint density at radius 1 is 0.957 bits per heavy atom. The normalized spacial score (nSPS) is 11.0. The number of aromatic nitrogens is 3. The van der Waals surface area contributed by atoms with E-state index in [0.717, 1.165) is 27.4 Å². The number of aryl methyl sites for hydroxylation is 3. The maximum atomic E-state index is 5.93. The van der Waals surface area contributed by atoms with Gasteiger partial charge in [-0.05, 0) is 61.7 Å². The molecule has 0 N–H and O–H groups in total. The fourth-order valence-corrected chi connectivity index (χ4v) is 3.41. The van der Waals surface area contributed by atoms with Crippen LogP contribution < -0.4 is 0 Å². The summed E-state index contributed by atoms with van der Waals surface area (Å²) in [5.74, 6) is 1.73. The molecular weight excluding hydrogens is 326 g/mol. The van der Waals surface area contributed by atoms with E-state index in [1.54, 1.807) is 11.8 Å². The molecule has 0 atom stereocenters. The Bertz CT molecular complexity index is 825. The Morgan fingerprint density at radius 3 is 2.39 bits per heavy atom. The predicted octanol–water partition coefficient (Wildman–Crippen LogP) is 5.14. The van der Waals surface area contributed by atoms with Crippen molar-refractivity contribution in [1.29, 1.82) is 0 Å². The molecule has 5 heteroatoms. The van der Waals surface area contributed by atoms with Crippen molar-refractivity contribution in [1.82, 2.24) is 14.8 Å². The maximum absolute atomic E-state index is 5.93. The third-order valence-electron chi connectivity index (χ3n) is 3.83. The Labute approximate surface area is 145 Å². The highest BCUT2D eigenvalue weighted by atomic mass is 35.5. The zero-order valence-corrected chi connectivity index (χ0v) is 14.9. The standard InChI is InChI=1S/C18H18ClN3S/c1-12-4-9-17(10-13(12)2)22-14(3)20-21-18(22)23-11-15-5-7-16(19)8-6-15/h4-10H,11H2,1-3H3. The minimum absolute atomic E-state index is 0.757. The van der Waals surface area contributed by atoms with Crippen LogP contribution in [0.15, 0.2) is 47.6 Å². The molecule has 0 bridgehead atoms. The average Bonchev–Trinajstić information content (AvgIpc) is 2.90. The molecule has 0 aliphatic heterocycles. The van der Waals surface area contributed by atoms with Crippen molar-refractivity contribution in [2.24, 2.45) is 0 Å². The highest BCUT2D eigenvalue weighted by Crippen LogP contribution is 2.26. The van der Waals surface area contributed by atoms with Crippen molar-refractivity contribution in [3.05, 3.63) is 70.0 Å². The van der Waals surface area contributed by atoms with Crippen LogP contribution in [0.1, 0.15) is 22.5 Å². The Morgan fingerprint density at radius 2 is 1.70 bits per heavy atom. The summed E-state index contributed by atoms with van der Waals surface area (Å²) in [7, 11) is 0. The minimum atomic E-state index is 0.757. The van der Waals surface area contributed by atoms with Gasteiger partial charge < -0.3 is 0 Å². The van der Waals surface area contributed by atoms with Crippen LogP contribution in [0.5, 0.6) is 0 Å². The summed E-state index contributed by atoms with van der Waals surface area (Å²) in [6, 6.07) is 14.3.